The van der Waals surface area contributed by atoms with Crippen LogP contribution in [-0.2, 0) is 4.79 Å². The third-order valence-corrected chi connectivity index (χ3v) is 5.08. The maximum atomic E-state index is 12.4. The fourth-order valence-electron chi connectivity index (χ4n) is 2.47. The van der Waals surface area contributed by atoms with Crippen LogP contribution >= 0.6 is 24.0 Å². The number of benzene rings is 2. The van der Waals surface area contributed by atoms with Gasteiger partial charge in [0.05, 0.1) is 4.91 Å². The number of thiocarbonyl (C=S) groups is 1. The van der Waals surface area contributed by atoms with Crippen LogP contribution in [0.15, 0.2) is 72.2 Å². The van der Waals surface area contributed by atoms with E-state index in [1.807, 2.05) is 60.7 Å². The number of carbonyl (C=O) groups is 1. The summed E-state index contributed by atoms with van der Waals surface area (Å²) >= 11 is 6.56. The molecule has 0 aliphatic carbocycles. The molecule has 0 spiro atoms. The summed E-state index contributed by atoms with van der Waals surface area (Å²) in [5.74, 6) is 1.45. The molecule has 1 aliphatic heterocycles. The van der Waals surface area contributed by atoms with Gasteiger partial charge in [0.2, 0.25) is 0 Å². The molecule has 0 bridgehead atoms. The van der Waals surface area contributed by atoms with Crippen LogP contribution in [0.5, 0.6) is 11.5 Å². The maximum absolute atomic E-state index is 12.4. The Bertz CT molecular complexity index is 865. The number of rotatable bonds is 8. The SMILES string of the molecule is C=CCN1C(=O)/C(=C/c2cccc(OCCOc3ccccc3)c2)SC1=S. The number of ether oxygens (including phenoxy) is 2. The second-order valence-electron chi connectivity index (χ2n) is 5.66. The predicted molar refractivity (Wildman–Crippen MR) is 114 cm³/mol. The molecule has 1 amide bonds. The summed E-state index contributed by atoms with van der Waals surface area (Å²) in [5.41, 5.74) is 0.885. The number of thioether (sulfide) groups is 1. The van der Waals surface area contributed by atoms with E-state index in [0.29, 0.717) is 29.0 Å². The van der Waals surface area contributed by atoms with Gasteiger partial charge in [0.15, 0.2) is 0 Å². The van der Waals surface area contributed by atoms with E-state index in [0.717, 1.165) is 17.1 Å². The van der Waals surface area contributed by atoms with Gasteiger partial charge in [0, 0.05) is 6.54 Å². The van der Waals surface area contributed by atoms with Gasteiger partial charge in [-0.2, -0.15) is 0 Å². The van der Waals surface area contributed by atoms with Crippen LogP contribution in [0, 0.1) is 0 Å². The number of carbonyl (C=O) groups excluding carboxylic acids is 1. The monoisotopic (exact) mass is 397 g/mol. The van der Waals surface area contributed by atoms with Crippen molar-refractivity contribution in [1.82, 2.24) is 4.90 Å². The zero-order chi connectivity index (χ0) is 19.1. The van der Waals surface area contributed by atoms with Crippen LogP contribution in [0.2, 0.25) is 0 Å². The van der Waals surface area contributed by atoms with Gasteiger partial charge < -0.3 is 9.47 Å². The van der Waals surface area contributed by atoms with Crippen LogP contribution in [0.4, 0.5) is 0 Å². The number of para-hydroxylation sites is 1. The largest absolute Gasteiger partial charge is 0.490 e. The van der Waals surface area contributed by atoms with Crippen molar-refractivity contribution in [2.75, 3.05) is 19.8 Å². The molecule has 0 atom stereocenters. The van der Waals surface area contributed by atoms with Gasteiger partial charge in [-0.05, 0) is 35.9 Å². The predicted octanol–water partition coefficient (Wildman–Crippen LogP) is 4.53. The lowest BCUT2D eigenvalue weighted by atomic mass is 10.2. The Morgan fingerprint density at radius 3 is 2.48 bits per heavy atom. The van der Waals surface area contributed by atoms with E-state index in [-0.39, 0.29) is 5.91 Å². The second kappa shape index (κ2) is 9.39. The Morgan fingerprint density at radius 2 is 1.74 bits per heavy atom. The molecule has 2 aromatic rings. The molecular formula is C21H19NO3S2. The quantitative estimate of drug-likeness (QED) is 0.283. The van der Waals surface area contributed by atoms with E-state index in [2.05, 4.69) is 6.58 Å². The Hall–Kier alpha value is -2.57. The zero-order valence-corrected chi connectivity index (χ0v) is 16.3. The summed E-state index contributed by atoms with van der Waals surface area (Å²) in [6, 6.07) is 17.2. The standard InChI is InChI=1S/C21H19NO3S2/c1-2-11-22-20(23)19(27-21(22)26)15-16-7-6-10-18(14-16)25-13-12-24-17-8-4-3-5-9-17/h2-10,14-15H,1,11-13H2/b19-15-. The van der Waals surface area contributed by atoms with Gasteiger partial charge >= 0.3 is 0 Å². The second-order valence-corrected chi connectivity index (χ2v) is 7.34. The molecule has 6 heteroatoms. The zero-order valence-electron chi connectivity index (χ0n) is 14.7. The lowest BCUT2D eigenvalue weighted by molar-refractivity contribution is -0.121. The first-order valence-corrected chi connectivity index (χ1v) is 9.67. The van der Waals surface area contributed by atoms with Gasteiger partial charge in [0.25, 0.3) is 5.91 Å². The van der Waals surface area contributed by atoms with Crippen molar-refractivity contribution in [2.24, 2.45) is 0 Å². The van der Waals surface area contributed by atoms with Crippen molar-refractivity contribution >= 4 is 40.3 Å². The van der Waals surface area contributed by atoms with E-state index in [9.17, 15) is 4.79 Å². The first-order valence-electron chi connectivity index (χ1n) is 8.44. The molecule has 0 unspecified atom stereocenters. The van der Waals surface area contributed by atoms with E-state index in [4.69, 9.17) is 21.7 Å². The van der Waals surface area contributed by atoms with E-state index in [1.54, 1.807) is 11.0 Å². The number of amides is 1. The minimum atomic E-state index is -0.0903. The van der Waals surface area contributed by atoms with Crippen molar-refractivity contribution < 1.29 is 14.3 Å². The summed E-state index contributed by atoms with van der Waals surface area (Å²) < 4.78 is 11.9. The van der Waals surface area contributed by atoms with Gasteiger partial charge in [-0.15, -0.1) is 6.58 Å². The van der Waals surface area contributed by atoms with Gasteiger partial charge in [-0.3, -0.25) is 9.69 Å². The van der Waals surface area contributed by atoms with Gasteiger partial charge in [0.1, 0.15) is 29.0 Å². The summed E-state index contributed by atoms with van der Waals surface area (Å²) in [6.07, 6.45) is 3.50. The molecule has 2 aromatic carbocycles. The highest BCUT2D eigenvalue weighted by atomic mass is 32.2. The molecule has 0 N–H and O–H groups in total. The molecule has 0 saturated carbocycles. The molecule has 138 valence electrons. The Kier molecular flexibility index (Phi) is 6.68. The van der Waals surface area contributed by atoms with Gasteiger partial charge in [-0.25, -0.2) is 0 Å². The highest BCUT2D eigenvalue weighted by Crippen LogP contribution is 2.32. The van der Waals surface area contributed by atoms with E-state index < -0.39 is 0 Å². The van der Waals surface area contributed by atoms with E-state index in [1.165, 1.54) is 11.8 Å². The molecule has 1 aliphatic rings. The summed E-state index contributed by atoms with van der Waals surface area (Å²) in [5, 5.41) is 0. The third-order valence-electron chi connectivity index (χ3n) is 3.71. The number of hydrogen-bond acceptors (Lipinski definition) is 5. The molecule has 1 saturated heterocycles. The molecule has 27 heavy (non-hydrogen) atoms. The molecule has 0 radical (unpaired) electrons. The average Bonchev–Trinajstić information content (AvgIpc) is 2.94. The minimum Gasteiger partial charge on any atom is -0.490 e. The molecule has 3 rings (SSSR count). The summed E-state index contributed by atoms with van der Waals surface area (Å²) in [7, 11) is 0. The minimum absolute atomic E-state index is 0.0903. The van der Waals surface area contributed by atoms with Crippen LogP contribution in [-0.4, -0.2) is 34.9 Å². The maximum Gasteiger partial charge on any atom is 0.266 e. The first kappa shape index (κ1) is 19.2. The topological polar surface area (TPSA) is 38.8 Å². The fraction of sp³-hybridized carbons (Fsp3) is 0.143. The fourth-order valence-corrected chi connectivity index (χ4v) is 3.74. The molecular weight excluding hydrogens is 378 g/mol. The van der Waals surface area contributed by atoms with Crippen molar-refractivity contribution in [3.8, 4) is 11.5 Å². The van der Waals surface area contributed by atoms with Crippen LogP contribution in [0.3, 0.4) is 0 Å². The van der Waals surface area contributed by atoms with Crippen LogP contribution in [0.25, 0.3) is 6.08 Å². The van der Waals surface area contributed by atoms with Crippen LogP contribution in [0.1, 0.15) is 5.56 Å². The Balaban J connectivity index is 1.58. The normalized spacial score (nSPS) is 15.3. The van der Waals surface area contributed by atoms with Crippen molar-refractivity contribution in [3.05, 3.63) is 77.7 Å². The molecule has 1 heterocycles. The lowest BCUT2D eigenvalue weighted by Crippen LogP contribution is -2.27. The molecule has 0 aromatic heterocycles. The molecule has 4 nitrogen and oxygen atoms in total. The Labute approximate surface area is 168 Å². The summed E-state index contributed by atoms with van der Waals surface area (Å²) in [4.78, 5) is 14.5. The molecule has 1 fully saturated rings. The van der Waals surface area contributed by atoms with Crippen LogP contribution < -0.4 is 9.47 Å². The van der Waals surface area contributed by atoms with Gasteiger partial charge in [-0.1, -0.05) is 60.4 Å². The third kappa shape index (κ3) is 5.21. The average molecular weight is 398 g/mol. The van der Waals surface area contributed by atoms with Crippen molar-refractivity contribution in [1.29, 1.82) is 0 Å². The first-order chi connectivity index (χ1) is 13.2. The highest BCUT2D eigenvalue weighted by molar-refractivity contribution is 8.26. The smallest absolute Gasteiger partial charge is 0.266 e. The highest BCUT2D eigenvalue weighted by Gasteiger charge is 2.30. The van der Waals surface area contributed by atoms with Crippen molar-refractivity contribution in [3.63, 3.8) is 0 Å². The number of hydrogen-bond donors (Lipinski definition) is 0. The number of nitrogens with zero attached hydrogens (tertiary/aromatic N) is 1. The lowest BCUT2D eigenvalue weighted by Gasteiger charge is -2.10. The van der Waals surface area contributed by atoms with Crippen molar-refractivity contribution in [2.45, 2.75) is 0 Å². The Morgan fingerprint density at radius 1 is 1.04 bits per heavy atom. The summed E-state index contributed by atoms with van der Waals surface area (Å²) in [6.45, 7) is 4.97. The van der Waals surface area contributed by atoms with E-state index >= 15 is 0 Å².